The fourth-order valence-electron chi connectivity index (χ4n) is 4.28. The molecule has 3 rings (SSSR count). The van der Waals surface area contributed by atoms with Crippen LogP contribution in [-0.4, -0.2) is 85.2 Å². The molecule has 0 radical (unpaired) electrons. The molecular formula is C23H32FN5O4. The van der Waals surface area contributed by atoms with Gasteiger partial charge in [0.05, 0.1) is 18.2 Å². The van der Waals surface area contributed by atoms with Crippen LogP contribution in [0.4, 0.5) is 14.0 Å². The Balaban J connectivity index is 1.93. The molecule has 2 heterocycles. The monoisotopic (exact) mass is 461 g/mol. The number of esters is 1. The Hall–Kier alpha value is -3.14. The van der Waals surface area contributed by atoms with E-state index in [1.807, 2.05) is 13.8 Å². The SMILES string of the molecule is CCNC(=O)N1CCN(CC2=C(C(=O)OCC)C(c3cccc(F)c3)NC(=O)N2C)CC1C. The van der Waals surface area contributed by atoms with Gasteiger partial charge in [0.15, 0.2) is 0 Å². The topological polar surface area (TPSA) is 94.2 Å². The van der Waals surface area contributed by atoms with Crippen molar-refractivity contribution in [3.05, 3.63) is 46.9 Å². The molecule has 1 fully saturated rings. The number of likely N-dealkylation sites (N-methyl/N-ethyl adjacent to an activating group) is 1. The van der Waals surface area contributed by atoms with E-state index in [1.54, 1.807) is 31.0 Å². The number of hydrogen-bond donors (Lipinski definition) is 2. The van der Waals surface area contributed by atoms with E-state index in [-0.39, 0.29) is 30.3 Å². The second-order valence-corrected chi connectivity index (χ2v) is 8.19. The number of urea groups is 2. The number of hydrogen-bond acceptors (Lipinski definition) is 5. The fourth-order valence-corrected chi connectivity index (χ4v) is 4.28. The highest BCUT2D eigenvalue weighted by molar-refractivity contribution is 5.95. The normalized spacial score (nSPS) is 21.7. The molecule has 0 bridgehead atoms. The maximum absolute atomic E-state index is 13.9. The third-order valence-electron chi connectivity index (χ3n) is 5.93. The standard InChI is InChI=1S/C23H32FN5O4/c1-5-25-22(31)29-11-10-28(13-15(29)3)14-18-19(21(30)33-6-2)20(26-23(32)27(18)4)16-8-7-9-17(24)12-16/h7-9,12,15,20H,5-6,10-11,13-14H2,1-4H3,(H,25,31)(H,26,32). The molecule has 0 aliphatic carbocycles. The summed E-state index contributed by atoms with van der Waals surface area (Å²) in [6.45, 7) is 8.29. The Labute approximate surface area is 193 Å². The van der Waals surface area contributed by atoms with E-state index in [0.717, 1.165) is 0 Å². The lowest BCUT2D eigenvalue weighted by atomic mass is 9.94. The van der Waals surface area contributed by atoms with Crippen molar-refractivity contribution in [1.82, 2.24) is 25.3 Å². The minimum atomic E-state index is -0.826. The number of nitrogens with zero attached hydrogens (tertiary/aromatic N) is 3. The number of ether oxygens (including phenoxy) is 1. The summed E-state index contributed by atoms with van der Waals surface area (Å²) >= 11 is 0. The van der Waals surface area contributed by atoms with Gasteiger partial charge in [0.2, 0.25) is 0 Å². The molecule has 0 spiro atoms. The van der Waals surface area contributed by atoms with E-state index in [4.69, 9.17) is 4.74 Å². The fraction of sp³-hybridized carbons (Fsp3) is 0.522. The molecule has 33 heavy (non-hydrogen) atoms. The summed E-state index contributed by atoms with van der Waals surface area (Å²) in [6.07, 6.45) is 0. The van der Waals surface area contributed by atoms with E-state index in [0.29, 0.717) is 44.0 Å². The highest BCUT2D eigenvalue weighted by Crippen LogP contribution is 2.32. The van der Waals surface area contributed by atoms with Crippen LogP contribution in [-0.2, 0) is 9.53 Å². The smallest absolute Gasteiger partial charge is 0.338 e. The van der Waals surface area contributed by atoms with Crippen LogP contribution in [0.1, 0.15) is 32.4 Å². The number of amides is 4. The zero-order chi connectivity index (χ0) is 24.1. The first kappa shape index (κ1) is 24.5. The molecule has 1 aromatic rings. The molecule has 9 nitrogen and oxygen atoms in total. The summed E-state index contributed by atoms with van der Waals surface area (Å²) in [7, 11) is 1.60. The van der Waals surface area contributed by atoms with E-state index in [2.05, 4.69) is 15.5 Å². The maximum atomic E-state index is 13.9. The lowest BCUT2D eigenvalue weighted by Gasteiger charge is -2.42. The Morgan fingerprint density at radius 1 is 1.27 bits per heavy atom. The van der Waals surface area contributed by atoms with Crippen molar-refractivity contribution < 1.29 is 23.5 Å². The van der Waals surface area contributed by atoms with E-state index in [1.165, 1.54) is 17.0 Å². The average Bonchev–Trinajstić information content (AvgIpc) is 2.77. The van der Waals surface area contributed by atoms with E-state index < -0.39 is 17.8 Å². The number of nitrogens with one attached hydrogen (secondary N) is 2. The van der Waals surface area contributed by atoms with Crippen LogP contribution in [0.5, 0.6) is 0 Å². The first-order chi connectivity index (χ1) is 15.8. The van der Waals surface area contributed by atoms with E-state index >= 15 is 0 Å². The highest BCUT2D eigenvalue weighted by Gasteiger charge is 2.38. The molecule has 2 atom stereocenters. The van der Waals surface area contributed by atoms with Crippen LogP contribution in [0, 0.1) is 5.82 Å². The number of halogens is 1. The molecule has 1 aromatic carbocycles. The Kier molecular flexibility index (Phi) is 7.91. The molecule has 10 heteroatoms. The van der Waals surface area contributed by atoms with Gasteiger partial charge in [0.25, 0.3) is 0 Å². The number of carbonyl (C=O) groups excluding carboxylic acids is 3. The number of piperazine rings is 1. The molecule has 1 saturated heterocycles. The highest BCUT2D eigenvalue weighted by atomic mass is 19.1. The van der Waals surface area contributed by atoms with Gasteiger partial charge in [0, 0.05) is 51.5 Å². The molecule has 0 saturated carbocycles. The quantitative estimate of drug-likeness (QED) is 0.633. The zero-order valence-electron chi connectivity index (χ0n) is 19.6. The van der Waals surface area contributed by atoms with Gasteiger partial charge in [-0.3, -0.25) is 9.80 Å². The molecule has 2 unspecified atom stereocenters. The predicted molar refractivity (Wildman–Crippen MR) is 121 cm³/mol. The van der Waals surface area contributed by atoms with Gasteiger partial charge in [-0.1, -0.05) is 12.1 Å². The van der Waals surface area contributed by atoms with Crippen LogP contribution in [0.3, 0.4) is 0 Å². The van der Waals surface area contributed by atoms with Crippen molar-refractivity contribution in [3.63, 3.8) is 0 Å². The van der Waals surface area contributed by atoms with Crippen LogP contribution in [0.2, 0.25) is 0 Å². The third kappa shape index (κ3) is 5.44. The van der Waals surface area contributed by atoms with Crippen LogP contribution >= 0.6 is 0 Å². The van der Waals surface area contributed by atoms with Gasteiger partial charge >= 0.3 is 18.0 Å². The van der Waals surface area contributed by atoms with Crippen molar-refractivity contribution in [3.8, 4) is 0 Å². The molecule has 0 aromatic heterocycles. The molecule has 2 aliphatic heterocycles. The summed E-state index contributed by atoms with van der Waals surface area (Å²) in [5, 5.41) is 5.62. The van der Waals surface area contributed by atoms with Crippen molar-refractivity contribution in [2.24, 2.45) is 0 Å². The second kappa shape index (κ2) is 10.7. The maximum Gasteiger partial charge on any atom is 0.338 e. The first-order valence-electron chi connectivity index (χ1n) is 11.2. The average molecular weight is 462 g/mol. The van der Waals surface area contributed by atoms with Gasteiger partial charge in [-0.05, 0) is 38.5 Å². The summed E-state index contributed by atoms with van der Waals surface area (Å²) in [6, 6.07) is 4.47. The zero-order valence-corrected chi connectivity index (χ0v) is 19.6. The second-order valence-electron chi connectivity index (χ2n) is 8.19. The minimum absolute atomic E-state index is 0.0429. The predicted octanol–water partition coefficient (Wildman–Crippen LogP) is 2.07. The molecule has 180 valence electrons. The van der Waals surface area contributed by atoms with E-state index in [9.17, 15) is 18.8 Å². The molecular weight excluding hydrogens is 429 g/mol. The Morgan fingerprint density at radius 3 is 2.67 bits per heavy atom. The number of rotatable bonds is 6. The van der Waals surface area contributed by atoms with Gasteiger partial charge < -0.3 is 20.3 Å². The Morgan fingerprint density at radius 2 is 2.03 bits per heavy atom. The number of benzene rings is 1. The molecule has 2 N–H and O–H groups in total. The van der Waals surface area contributed by atoms with Gasteiger partial charge in [0.1, 0.15) is 5.82 Å². The minimum Gasteiger partial charge on any atom is -0.463 e. The summed E-state index contributed by atoms with van der Waals surface area (Å²) < 4.78 is 19.3. The van der Waals surface area contributed by atoms with Gasteiger partial charge in [-0.15, -0.1) is 0 Å². The largest absolute Gasteiger partial charge is 0.463 e. The third-order valence-corrected chi connectivity index (χ3v) is 5.93. The molecule has 4 amide bonds. The van der Waals surface area contributed by atoms with Crippen molar-refractivity contribution in [2.45, 2.75) is 32.9 Å². The summed E-state index contributed by atoms with van der Waals surface area (Å²) in [4.78, 5) is 43.4. The molecule has 2 aliphatic rings. The first-order valence-corrected chi connectivity index (χ1v) is 11.2. The van der Waals surface area contributed by atoms with Gasteiger partial charge in [-0.25, -0.2) is 18.8 Å². The number of carbonyl (C=O) groups is 3. The summed E-state index contributed by atoms with van der Waals surface area (Å²) in [5.74, 6) is -1.01. The van der Waals surface area contributed by atoms with Crippen molar-refractivity contribution in [1.29, 1.82) is 0 Å². The lowest BCUT2D eigenvalue weighted by molar-refractivity contribution is -0.139. The van der Waals surface area contributed by atoms with Crippen molar-refractivity contribution in [2.75, 3.05) is 46.4 Å². The lowest BCUT2D eigenvalue weighted by Crippen LogP contribution is -2.57. The van der Waals surface area contributed by atoms with Crippen LogP contribution in [0.15, 0.2) is 35.5 Å². The summed E-state index contributed by atoms with van der Waals surface area (Å²) in [5.41, 5.74) is 1.25. The van der Waals surface area contributed by atoms with Crippen LogP contribution in [0.25, 0.3) is 0 Å². The van der Waals surface area contributed by atoms with Crippen molar-refractivity contribution >= 4 is 18.0 Å². The van der Waals surface area contributed by atoms with Crippen LogP contribution < -0.4 is 10.6 Å². The van der Waals surface area contributed by atoms with Gasteiger partial charge in [-0.2, -0.15) is 0 Å². The Bertz CT molecular complexity index is 937.